The van der Waals surface area contributed by atoms with Crippen LogP contribution < -0.4 is 4.74 Å². The maximum Gasteiger partial charge on any atom is 0.171 e. The summed E-state index contributed by atoms with van der Waals surface area (Å²) in [7, 11) is 0. The number of carbonyl (C=O) groups excluding carboxylic acids is 1. The standard InChI is InChI=1S/C17H14N2O2/c1-10-17(19-9-18-10)15-8-13(20)16-12-5-3-2-4-11(12)6-7-14(16)21-15/h2-7,9,15H,8H2,1H3,(H,18,19). The van der Waals surface area contributed by atoms with Crippen LogP contribution in [0.4, 0.5) is 0 Å². The normalized spacial score (nSPS) is 17.6. The van der Waals surface area contributed by atoms with Crippen LogP contribution in [-0.2, 0) is 0 Å². The lowest BCUT2D eigenvalue weighted by molar-refractivity contribution is 0.0847. The minimum absolute atomic E-state index is 0.112. The van der Waals surface area contributed by atoms with E-state index in [2.05, 4.69) is 9.97 Å². The first-order valence-electron chi connectivity index (χ1n) is 6.95. The number of carbonyl (C=O) groups is 1. The molecule has 3 aromatic rings. The molecule has 1 aliphatic rings. The van der Waals surface area contributed by atoms with Crippen LogP contribution in [0.15, 0.2) is 42.7 Å². The molecule has 21 heavy (non-hydrogen) atoms. The molecule has 0 aliphatic carbocycles. The van der Waals surface area contributed by atoms with E-state index in [1.165, 1.54) is 0 Å². The number of H-pyrrole nitrogens is 1. The number of fused-ring (bicyclic) bond motifs is 3. The number of nitrogens with one attached hydrogen (secondary N) is 1. The molecule has 0 saturated heterocycles. The van der Waals surface area contributed by atoms with Gasteiger partial charge in [-0.2, -0.15) is 0 Å². The summed E-state index contributed by atoms with van der Waals surface area (Å²) >= 11 is 0. The molecule has 104 valence electrons. The van der Waals surface area contributed by atoms with Crippen molar-refractivity contribution in [3.63, 3.8) is 0 Å². The molecule has 0 amide bonds. The van der Waals surface area contributed by atoms with Gasteiger partial charge < -0.3 is 9.72 Å². The van der Waals surface area contributed by atoms with Crippen molar-refractivity contribution in [2.45, 2.75) is 19.4 Å². The molecule has 1 N–H and O–H groups in total. The number of aromatic nitrogens is 2. The summed E-state index contributed by atoms with van der Waals surface area (Å²) in [6, 6.07) is 11.8. The molecule has 2 heterocycles. The topological polar surface area (TPSA) is 55.0 Å². The largest absolute Gasteiger partial charge is 0.483 e. The van der Waals surface area contributed by atoms with Gasteiger partial charge in [-0.05, 0) is 23.8 Å². The second-order valence-electron chi connectivity index (χ2n) is 5.31. The van der Waals surface area contributed by atoms with Gasteiger partial charge in [-0.25, -0.2) is 4.98 Å². The number of imidazole rings is 1. The Hall–Kier alpha value is -2.62. The highest BCUT2D eigenvalue weighted by molar-refractivity contribution is 6.11. The summed E-state index contributed by atoms with van der Waals surface area (Å²) in [5.74, 6) is 0.762. The molecule has 0 radical (unpaired) electrons. The molecule has 2 aromatic carbocycles. The first kappa shape index (κ1) is 12.1. The Labute approximate surface area is 121 Å². The molecule has 4 heteroatoms. The van der Waals surface area contributed by atoms with Gasteiger partial charge in [-0.3, -0.25) is 4.79 Å². The van der Waals surface area contributed by atoms with Gasteiger partial charge >= 0.3 is 0 Å². The Morgan fingerprint density at radius 3 is 2.90 bits per heavy atom. The van der Waals surface area contributed by atoms with Crippen LogP contribution in [0.25, 0.3) is 10.8 Å². The fraction of sp³-hybridized carbons (Fsp3) is 0.176. The number of ketones is 1. The van der Waals surface area contributed by atoms with Crippen molar-refractivity contribution < 1.29 is 9.53 Å². The van der Waals surface area contributed by atoms with E-state index in [-0.39, 0.29) is 11.9 Å². The summed E-state index contributed by atoms with van der Waals surface area (Å²) in [5, 5.41) is 2.01. The third-order valence-electron chi connectivity index (χ3n) is 3.98. The quantitative estimate of drug-likeness (QED) is 0.740. The highest BCUT2D eigenvalue weighted by Crippen LogP contribution is 2.38. The van der Waals surface area contributed by atoms with Crippen LogP contribution in [0.3, 0.4) is 0 Å². The molecule has 0 saturated carbocycles. The van der Waals surface area contributed by atoms with E-state index in [1.54, 1.807) is 6.33 Å². The van der Waals surface area contributed by atoms with E-state index in [0.717, 1.165) is 22.2 Å². The first-order chi connectivity index (χ1) is 10.2. The number of Topliss-reactive ketones (excluding diaryl/α,β-unsaturated/α-hetero) is 1. The zero-order valence-electron chi connectivity index (χ0n) is 11.6. The van der Waals surface area contributed by atoms with E-state index in [4.69, 9.17) is 4.74 Å². The molecular formula is C17H14N2O2. The minimum Gasteiger partial charge on any atom is -0.483 e. The summed E-state index contributed by atoms with van der Waals surface area (Å²) in [4.78, 5) is 19.9. The zero-order valence-corrected chi connectivity index (χ0v) is 11.6. The monoisotopic (exact) mass is 278 g/mol. The number of benzene rings is 2. The fourth-order valence-corrected chi connectivity index (χ4v) is 2.95. The zero-order chi connectivity index (χ0) is 14.4. The van der Waals surface area contributed by atoms with Crippen molar-refractivity contribution in [2.24, 2.45) is 0 Å². The van der Waals surface area contributed by atoms with E-state index >= 15 is 0 Å². The van der Waals surface area contributed by atoms with Crippen LogP contribution in [0.5, 0.6) is 5.75 Å². The van der Waals surface area contributed by atoms with Gasteiger partial charge in [0.1, 0.15) is 17.5 Å². The molecule has 0 fully saturated rings. The minimum atomic E-state index is -0.308. The molecule has 1 aliphatic heterocycles. The maximum atomic E-state index is 12.6. The Bertz CT molecular complexity index is 851. The Morgan fingerprint density at radius 2 is 2.10 bits per heavy atom. The number of aromatic amines is 1. The van der Waals surface area contributed by atoms with Crippen molar-refractivity contribution >= 4 is 16.6 Å². The van der Waals surface area contributed by atoms with Gasteiger partial charge in [0, 0.05) is 5.69 Å². The predicted octanol–water partition coefficient (Wildman–Crippen LogP) is 3.58. The maximum absolute atomic E-state index is 12.6. The smallest absolute Gasteiger partial charge is 0.171 e. The van der Waals surface area contributed by atoms with E-state index < -0.39 is 0 Å². The molecular weight excluding hydrogens is 264 g/mol. The van der Waals surface area contributed by atoms with Crippen LogP contribution >= 0.6 is 0 Å². The van der Waals surface area contributed by atoms with Crippen molar-refractivity contribution in [3.8, 4) is 5.75 Å². The molecule has 0 bridgehead atoms. The van der Waals surface area contributed by atoms with Crippen molar-refractivity contribution in [1.82, 2.24) is 9.97 Å². The predicted molar refractivity (Wildman–Crippen MR) is 79.6 cm³/mol. The third-order valence-corrected chi connectivity index (χ3v) is 3.98. The van der Waals surface area contributed by atoms with Gasteiger partial charge in [0.15, 0.2) is 5.78 Å². The SMILES string of the molecule is Cc1[nH]cnc1C1CC(=O)c2c(ccc3ccccc23)O1. The Morgan fingerprint density at radius 1 is 1.24 bits per heavy atom. The van der Waals surface area contributed by atoms with E-state index in [0.29, 0.717) is 17.7 Å². The first-order valence-corrected chi connectivity index (χ1v) is 6.95. The van der Waals surface area contributed by atoms with Crippen LogP contribution in [0.1, 0.15) is 34.3 Å². The summed E-state index contributed by atoms with van der Waals surface area (Å²) in [5.41, 5.74) is 2.44. The van der Waals surface area contributed by atoms with Gasteiger partial charge in [0.2, 0.25) is 0 Å². The highest BCUT2D eigenvalue weighted by atomic mass is 16.5. The summed E-state index contributed by atoms with van der Waals surface area (Å²) in [6.45, 7) is 1.94. The average molecular weight is 278 g/mol. The van der Waals surface area contributed by atoms with Crippen molar-refractivity contribution in [3.05, 3.63) is 59.7 Å². The second-order valence-corrected chi connectivity index (χ2v) is 5.31. The number of hydrogen-bond acceptors (Lipinski definition) is 3. The molecule has 1 unspecified atom stereocenters. The van der Waals surface area contributed by atoms with Gasteiger partial charge in [-0.1, -0.05) is 30.3 Å². The number of nitrogens with zero attached hydrogens (tertiary/aromatic N) is 1. The highest BCUT2D eigenvalue weighted by Gasteiger charge is 2.31. The molecule has 1 aromatic heterocycles. The number of hydrogen-bond donors (Lipinski definition) is 1. The average Bonchev–Trinajstić information content (AvgIpc) is 2.92. The number of rotatable bonds is 1. The van der Waals surface area contributed by atoms with Crippen LogP contribution in [-0.4, -0.2) is 15.8 Å². The Balaban J connectivity index is 1.85. The van der Waals surface area contributed by atoms with Gasteiger partial charge in [-0.15, -0.1) is 0 Å². The molecule has 4 nitrogen and oxygen atoms in total. The van der Waals surface area contributed by atoms with E-state index in [9.17, 15) is 4.79 Å². The molecule has 0 spiro atoms. The number of ether oxygens (including phenoxy) is 1. The second kappa shape index (κ2) is 4.45. The fourth-order valence-electron chi connectivity index (χ4n) is 2.95. The van der Waals surface area contributed by atoms with Crippen LogP contribution in [0, 0.1) is 6.92 Å². The van der Waals surface area contributed by atoms with E-state index in [1.807, 2.05) is 43.3 Å². The van der Waals surface area contributed by atoms with Gasteiger partial charge in [0.05, 0.1) is 18.3 Å². The lowest BCUT2D eigenvalue weighted by atomic mass is 9.93. The van der Waals surface area contributed by atoms with Crippen molar-refractivity contribution in [2.75, 3.05) is 0 Å². The molecule has 1 atom stereocenters. The lowest BCUT2D eigenvalue weighted by Gasteiger charge is -2.25. The summed E-state index contributed by atoms with van der Waals surface area (Å²) < 4.78 is 6.03. The Kier molecular flexibility index (Phi) is 2.57. The third kappa shape index (κ3) is 1.83. The van der Waals surface area contributed by atoms with Gasteiger partial charge in [0.25, 0.3) is 0 Å². The lowest BCUT2D eigenvalue weighted by Crippen LogP contribution is -2.21. The number of aryl methyl sites for hydroxylation is 1. The molecule has 4 rings (SSSR count). The van der Waals surface area contributed by atoms with Crippen LogP contribution in [0.2, 0.25) is 0 Å². The summed E-state index contributed by atoms with van der Waals surface area (Å²) in [6.07, 6.45) is 1.65. The van der Waals surface area contributed by atoms with Crippen molar-refractivity contribution in [1.29, 1.82) is 0 Å².